The van der Waals surface area contributed by atoms with E-state index in [1.165, 1.54) is 24.4 Å². The van der Waals surface area contributed by atoms with Crippen LogP contribution in [0.15, 0.2) is 42.6 Å². The van der Waals surface area contributed by atoms with E-state index in [4.69, 9.17) is 16.3 Å². The number of amides is 2. The molecular weight excluding hydrogens is 346 g/mol. The number of aromatic nitrogens is 1. The van der Waals surface area contributed by atoms with E-state index < -0.39 is 18.5 Å². The summed E-state index contributed by atoms with van der Waals surface area (Å²) in [6, 6.07) is 9.29. The van der Waals surface area contributed by atoms with Crippen molar-refractivity contribution < 1.29 is 19.1 Å². The van der Waals surface area contributed by atoms with Gasteiger partial charge in [0.1, 0.15) is 5.69 Å². The molecule has 0 unspecified atom stereocenters. The summed E-state index contributed by atoms with van der Waals surface area (Å²) in [4.78, 5) is 39.3. The first-order valence-corrected chi connectivity index (χ1v) is 7.84. The van der Waals surface area contributed by atoms with Crippen LogP contribution < -0.4 is 10.6 Å². The standard InChI is InChI=1S/C17H16ClN3O4/c1-2-19-16(23)11-4-3-5-13(8-11)21-15(22)10-25-17(24)14-9-12(18)6-7-20-14/h3-9H,2,10H2,1H3,(H,19,23)(H,21,22). The zero-order valence-electron chi connectivity index (χ0n) is 13.4. The summed E-state index contributed by atoms with van der Waals surface area (Å²) in [6.45, 7) is 1.83. The third kappa shape index (κ3) is 5.58. The molecule has 0 fully saturated rings. The number of anilines is 1. The molecule has 130 valence electrons. The highest BCUT2D eigenvalue weighted by atomic mass is 35.5. The molecule has 1 heterocycles. The molecule has 0 spiro atoms. The predicted octanol–water partition coefficient (Wildman–Crippen LogP) is 2.28. The molecule has 2 N–H and O–H groups in total. The van der Waals surface area contributed by atoms with Crippen molar-refractivity contribution in [2.45, 2.75) is 6.92 Å². The average Bonchev–Trinajstić information content (AvgIpc) is 2.60. The van der Waals surface area contributed by atoms with E-state index in [1.54, 1.807) is 18.2 Å². The molecule has 2 aromatic rings. The maximum absolute atomic E-state index is 11.9. The minimum Gasteiger partial charge on any atom is -0.451 e. The number of nitrogens with zero attached hydrogens (tertiary/aromatic N) is 1. The number of carbonyl (C=O) groups excluding carboxylic acids is 3. The van der Waals surface area contributed by atoms with Crippen molar-refractivity contribution in [3.05, 3.63) is 58.9 Å². The lowest BCUT2D eigenvalue weighted by atomic mass is 10.2. The SMILES string of the molecule is CCNC(=O)c1cccc(NC(=O)COC(=O)c2cc(Cl)ccn2)c1. The van der Waals surface area contributed by atoms with Gasteiger partial charge in [-0.1, -0.05) is 17.7 Å². The number of hydrogen-bond donors (Lipinski definition) is 2. The number of benzene rings is 1. The number of nitrogens with one attached hydrogen (secondary N) is 2. The Morgan fingerprint density at radius 2 is 2.00 bits per heavy atom. The van der Waals surface area contributed by atoms with Gasteiger partial charge >= 0.3 is 5.97 Å². The van der Waals surface area contributed by atoms with E-state index in [0.717, 1.165) is 0 Å². The van der Waals surface area contributed by atoms with Crippen molar-refractivity contribution in [1.82, 2.24) is 10.3 Å². The Morgan fingerprint density at radius 1 is 1.20 bits per heavy atom. The molecule has 7 nitrogen and oxygen atoms in total. The Kier molecular flexibility index (Phi) is 6.47. The lowest BCUT2D eigenvalue weighted by Crippen LogP contribution is -2.23. The smallest absolute Gasteiger partial charge is 0.357 e. The van der Waals surface area contributed by atoms with Crippen LogP contribution in [0.5, 0.6) is 0 Å². The monoisotopic (exact) mass is 361 g/mol. The van der Waals surface area contributed by atoms with Gasteiger partial charge in [0.15, 0.2) is 6.61 Å². The van der Waals surface area contributed by atoms with Crippen molar-refractivity contribution in [2.75, 3.05) is 18.5 Å². The normalized spacial score (nSPS) is 10.0. The number of hydrogen-bond acceptors (Lipinski definition) is 5. The number of pyridine rings is 1. The fourth-order valence-corrected chi connectivity index (χ4v) is 2.08. The fourth-order valence-electron chi connectivity index (χ4n) is 1.92. The molecule has 0 bridgehead atoms. The van der Waals surface area contributed by atoms with Gasteiger partial charge in [-0.15, -0.1) is 0 Å². The van der Waals surface area contributed by atoms with Gasteiger partial charge in [-0.2, -0.15) is 0 Å². The van der Waals surface area contributed by atoms with E-state index in [0.29, 0.717) is 22.8 Å². The quantitative estimate of drug-likeness (QED) is 0.769. The highest BCUT2D eigenvalue weighted by Crippen LogP contribution is 2.11. The largest absolute Gasteiger partial charge is 0.451 e. The van der Waals surface area contributed by atoms with Crippen LogP contribution in [0.2, 0.25) is 5.02 Å². The van der Waals surface area contributed by atoms with Gasteiger partial charge in [0.05, 0.1) is 0 Å². The molecule has 2 amide bonds. The molecule has 0 saturated heterocycles. The van der Waals surface area contributed by atoms with Crippen LogP contribution in [-0.2, 0) is 9.53 Å². The molecular formula is C17H16ClN3O4. The number of ether oxygens (including phenoxy) is 1. The number of halogens is 1. The van der Waals surface area contributed by atoms with E-state index in [2.05, 4.69) is 15.6 Å². The van der Waals surface area contributed by atoms with Gasteiger partial charge < -0.3 is 15.4 Å². The first-order valence-electron chi connectivity index (χ1n) is 7.46. The maximum atomic E-state index is 11.9. The maximum Gasteiger partial charge on any atom is 0.357 e. The lowest BCUT2D eigenvalue weighted by molar-refractivity contribution is -0.119. The van der Waals surface area contributed by atoms with Crippen molar-refractivity contribution in [2.24, 2.45) is 0 Å². The van der Waals surface area contributed by atoms with Crippen molar-refractivity contribution >= 4 is 35.1 Å². The zero-order valence-corrected chi connectivity index (χ0v) is 14.2. The summed E-state index contributed by atoms with van der Waals surface area (Å²) in [5.74, 6) is -1.53. The zero-order chi connectivity index (χ0) is 18.2. The van der Waals surface area contributed by atoms with Crippen LogP contribution in [0.4, 0.5) is 5.69 Å². The molecule has 0 radical (unpaired) electrons. The Bertz CT molecular complexity index is 795. The lowest BCUT2D eigenvalue weighted by Gasteiger charge is -2.08. The molecule has 0 aliphatic heterocycles. The van der Waals surface area contributed by atoms with Gasteiger partial charge in [0.2, 0.25) is 0 Å². The van der Waals surface area contributed by atoms with E-state index in [1.807, 2.05) is 6.92 Å². The molecule has 1 aromatic heterocycles. The summed E-state index contributed by atoms with van der Waals surface area (Å²) in [5.41, 5.74) is 0.851. The molecule has 2 rings (SSSR count). The van der Waals surface area contributed by atoms with Crippen LogP contribution in [0, 0.1) is 0 Å². The molecule has 0 aliphatic rings. The summed E-state index contributed by atoms with van der Waals surface area (Å²) < 4.78 is 4.88. The third-order valence-corrected chi connectivity index (χ3v) is 3.25. The van der Waals surface area contributed by atoms with Crippen molar-refractivity contribution in [3.63, 3.8) is 0 Å². The first-order chi connectivity index (χ1) is 12.0. The van der Waals surface area contributed by atoms with Gasteiger partial charge in [-0.3, -0.25) is 9.59 Å². The third-order valence-electron chi connectivity index (χ3n) is 3.01. The van der Waals surface area contributed by atoms with Gasteiger partial charge in [-0.05, 0) is 37.3 Å². The molecule has 8 heteroatoms. The van der Waals surface area contributed by atoms with Crippen molar-refractivity contribution in [3.8, 4) is 0 Å². The minimum atomic E-state index is -0.756. The molecule has 25 heavy (non-hydrogen) atoms. The summed E-state index contributed by atoms with van der Waals surface area (Å²) in [6.07, 6.45) is 1.37. The van der Waals surface area contributed by atoms with Crippen LogP contribution in [0.3, 0.4) is 0 Å². The van der Waals surface area contributed by atoms with E-state index in [-0.39, 0.29) is 11.6 Å². The minimum absolute atomic E-state index is 0.0125. The average molecular weight is 362 g/mol. The summed E-state index contributed by atoms with van der Waals surface area (Å²) in [7, 11) is 0. The number of carbonyl (C=O) groups is 3. The molecule has 1 aromatic carbocycles. The highest BCUT2D eigenvalue weighted by molar-refractivity contribution is 6.30. The Morgan fingerprint density at radius 3 is 2.72 bits per heavy atom. The fraction of sp³-hybridized carbons (Fsp3) is 0.176. The van der Waals surface area contributed by atoms with Gasteiger partial charge in [-0.25, -0.2) is 9.78 Å². The van der Waals surface area contributed by atoms with Crippen molar-refractivity contribution in [1.29, 1.82) is 0 Å². The molecule has 0 saturated carbocycles. The van der Waals surface area contributed by atoms with Crippen LogP contribution >= 0.6 is 11.6 Å². The second kappa shape index (κ2) is 8.79. The Hall–Kier alpha value is -2.93. The Balaban J connectivity index is 1.91. The Labute approximate surface area is 149 Å². The predicted molar refractivity (Wildman–Crippen MR) is 92.6 cm³/mol. The topological polar surface area (TPSA) is 97.4 Å². The summed E-state index contributed by atoms with van der Waals surface area (Å²) in [5, 5.41) is 5.56. The number of esters is 1. The van der Waals surface area contributed by atoms with Crippen LogP contribution in [0.25, 0.3) is 0 Å². The van der Waals surface area contributed by atoms with Crippen LogP contribution in [0.1, 0.15) is 27.8 Å². The number of rotatable bonds is 6. The first kappa shape index (κ1) is 18.4. The molecule has 0 aliphatic carbocycles. The van der Waals surface area contributed by atoms with Gasteiger partial charge in [0.25, 0.3) is 11.8 Å². The second-order valence-corrected chi connectivity index (χ2v) is 5.36. The summed E-state index contributed by atoms with van der Waals surface area (Å²) >= 11 is 5.76. The van der Waals surface area contributed by atoms with Crippen LogP contribution in [-0.4, -0.2) is 35.9 Å². The highest BCUT2D eigenvalue weighted by Gasteiger charge is 2.12. The van der Waals surface area contributed by atoms with Gasteiger partial charge in [0, 0.05) is 29.0 Å². The molecule has 0 atom stereocenters. The van der Waals surface area contributed by atoms with E-state index in [9.17, 15) is 14.4 Å². The second-order valence-electron chi connectivity index (χ2n) is 4.92. The van der Waals surface area contributed by atoms with E-state index >= 15 is 0 Å².